The van der Waals surface area contributed by atoms with Crippen molar-refractivity contribution in [2.75, 3.05) is 32.6 Å². The highest BCUT2D eigenvalue weighted by molar-refractivity contribution is 6.31. The zero-order valence-corrected chi connectivity index (χ0v) is 15.6. The number of rotatable bonds is 6. The fraction of sp³-hybridized carbons (Fsp3) is 0.211. The van der Waals surface area contributed by atoms with Crippen LogP contribution in [0.2, 0.25) is 5.02 Å². The Morgan fingerprint density at radius 1 is 1.30 bits per heavy atom. The number of anilines is 2. The summed E-state index contributed by atoms with van der Waals surface area (Å²) in [4.78, 5) is 10.7. The Balaban J connectivity index is 1.88. The molecule has 0 unspecified atom stereocenters. The lowest BCUT2D eigenvalue weighted by Gasteiger charge is -2.12. The molecule has 0 atom stereocenters. The summed E-state index contributed by atoms with van der Waals surface area (Å²) < 4.78 is 18.9. The first kappa shape index (κ1) is 18.8. The molecule has 0 saturated heterocycles. The van der Waals surface area contributed by atoms with Crippen LogP contribution in [0.1, 0.15) is 5.56 Å². The van der Waals surface area contributed by atoms with E-state index in [2.05, 4.69) is 21.4 Å². The van der Waals surface area contributed by atoms with Crippen LogP contribution in [-0.2, 0) is 0 Å². The molecular weight excluding hydrogens is 369 g/mol. The van der Waals surface area contributed by atoms with E-state index in [9.17, 15) is 9.65 Å². The summed E-state index contributed by atoms with van der Waals surface area (Å²) in [6, 6.07) is 9.77. The predicted octanol–water partition coefficient (Wildman–Crippen LogP) is 3.98. The van der Waals surface area contributed by atoms with Crippen molar-refractivity contribution < 1.29 is 9.13 Å². The van der Waals surface area contributed by atoms with Crippen LogP contribution in [0.4, 0.5) is 15.9 Å². The third-order valence-corrected chi connectivity index (χ3v) is 4.06. The maximum absolute atomic E-state index is 13.3. The maximum Gasteiger partial charge on any atom is 0.213 e. The number of halogens is 2. The Morgan fingerprint density at radius 3 is 2.81 bits per heavy atom. The van der Waals surface area contributed by atoms with Crippen molar-refractivity contribution in [3.63, 3.8) is 0 Å². The highest BCUT2D eigenvalue weighted by Crippen LogP contribution is 2.26. The second-order valence-electron chi connectivity index (χ2n) is 6.12. The van der Waals surface area contributed by atoms with Gasteiger partial charge in [-0.15, -0.1) is 0 Å². The number of ether oxygens (including phenoxy) is 1. The third-order valence-electron chi connectivity index (χ3n) is 3.77. The van der Waals surface area contributed by atoms with E-state index in [0.29, 0.717) is 35.1 Å². The molecule has 0 amide bonds. The number of hydrogen-bond acceptors (Lipinski definition) is 6. The van der Waals surface area contributed by atoms with Gasteiger partial charge in [-0.3, -0.25) is 0 Å². The van der Waals surface area contributed by atoms with Crippen molar-refractivity contribution >= 4 is 34.0 Å². The molecule has 0 radical (unpaired) electrons. The first-order valence-corrected chi connectivity index (χ1v) is 8.54. The van der Waals surface area contributed by atoms with Gasteiger partial charge in [0.2, 0.25) is 5.88 Å². The van der Waals surface area contributed by atoms with Crippen LogP contribution in [0.5, 0.6) is 5.88 Å². The molecule has 2 aromatic heterocycles. The van der Waals surface area contributed by atoms with Crippen LogP contribution >= 0.6 is 11.6 Å². The van der Waals surface area contributed by atoms with Crippen LogP contribution in [0.25, 0.3) is 10.9 Å². The zero-order valence-electron chi connectivity index (χ0n) is 14.8. The largest absolute Gasteiger partial charge is 0.476 e. The lowest BCUT2D eigenvalue weighted by atomic mass is 10.2. The van der Waals surface area contributed by atoms with Crippen LogP contribution < -0.4 is 10.1 Å². The summed E-state index contributed by atoms with van der Waals surface area (Å²) in [6.07, 6.45) is 1.59. The smallest absolute Gasteiger partial charge is 0.213 e. The minimum Gasteiger partial charge on any atom is -0.476 e. The molecule has 27 heavy (non-hydrogen) atoms. The molecular formula is C19H17ClFN5O. The van der Waals surface area contributed by atoms with Crippen LogP contribution in [-0.4, -0.2) is 42.1 Å². The van der Waals surface area contributed by atoms with E-state index in [1.165, 1.54) is 18.2 Å². The zero-order chi connectivity index (χ0) is 19.4. The van der Waals surface area contributed by atoms with Gasteiger partial charge in [-0.25, -0.2) is 14.4 Å². The van der Waals surface area contributed by atoms with Gasteiger partial charge < -0.3 is 15.0 Å². The number of hydrogen-bond donors (Lipinski definition) is 1. The van der Waals surface area contributed by atoms with E-state index in [4.69, 9.17) is 16.3 Å². The molecule has 6 nitrogen and oxygen atoms in total. The first-order chi connectivity index (χ1) is 13.0. The first-order valence-electron chi connectivity index (χ1n) is 8.17. The van der Waals surface area contributed by atoms with Gasteiger partial charge in [0, 0.05) is 23.7 Å². The van der Waals surface area contributed by atoms with Crippen LogP contribution in [0.15, 0.2) is 36.5 Å². The fourth-order valence-electron chi connectivity index (χ4n) is 2.36. The van der Waals surface area contributed by atoms with Crippen molar-refractivity contribution in [3.05, 3.63) is 52.9 Å². The molecule has 3 rings (SSSR count). The number of nitrogens with zero attached hydrogens (tertiary/aromatic N) is 4. The number of nitrogens with one attached hydrogen (secondary N) is 1. The molecule has 0 aliphatic heterocycles. The molecule has 0 aliphatic carbocycles. The normalized spacial score (nSPS) is 10.8. The van der Waals surface area contributed by atoms with Crippen molar-refractivity contribution in [2.45, 2.75) is 0 Å². The molecule has 8 heteroatoms. The van der Waals surface area contributed by atoms with Gasteiger partial charge in [0.05, 0.1) is 22.3 Å². The van der Waals surface area contributed by atoms with Gasteiger partial charge in [0.25, 0.3) is 0 Å². The third kappa shape index (κ3) is 4.61. The topological polar surface area (TPSA) is 74.1 Å². The van der Waals surface area contributed by atoms with E-state index < -0.39 is 5.82 Å². The quantitative estimate of drug-likeness (QED) is 0.691. The van der Waals surface area contributed by atoms with Crippen molar-refractivity contribution in [1.82, 2.24) is 14.9 Å². The van der Waals surface area contributed by atoms with Gasteiger partial charge in [-0.2, -0.15) is 5.26 Å². The lowest BCUT2D eigenvalue weighted by molar-refractivity contribution is 0.254. The minimum absolute atomic E-state index is 0.0134. The Morgan fingerprint density at radius 2 is 2.11 bits per heavy atom. The summed E-state index contributed by atoms with van der Waals surface area (Å²) in [5.74, 6) is 0.303. The number of benzene rings is 1. The van der Waals surface area contributed by atoms with Gasteiger partial charge in [0.1, 0.15) is 24.3 Å². The van der Waals surface area contributed by atoms with E-state index in [0.717, 1.165) is 11.9 Å². The molecule has 1 aromatic carbocycles. The fourth-order valence-corrected chi connectivity index (χ4v) is 2.54. The summed E-state index contributed by atoms with van der Waals surface area (Å²) >= 11 is 5.80. The minimum atomic E-state index is -0.514. The molecule has 0 fully saturated rings. The standard InChI is InChI=1S/C19H17ClFN5O/c1-26(2)5-6-27-18-8-12-7-13(10-22)19(25-17(12)11-23-18)24-14-3-4-16(21)15(20)9-14/h3-4,7-9,11H,5-6H2,1-2H3,(H,24,25). The molecule has 138 valence electrons. The van der Waals surface area contributed by atoms with Crippen molar-refractivity contribution in [2.24, 2.45) is 0 Å². The average Bonchev–Trinajstić information content (AvgIpc) is 2.64. The van der Waals surface area contributed by atoms with E-state index in [1.807, 2.05) is 19.0 Å². The number of nitriles is 1. The Bertz CT molecular complexity index is 1020. The molecule has 1 N–H and O–H groups in total. The molecule has 0 spiro atoms. The van der Waals surface area contributed by atoms with E-state index in [-0.39, 0.29) is 5.02 Å². The van der Waals surface area contributed by atoms with E-state index in [1.54, 1.807) is 18.3 Å². The molecule has 0 saturated carbocycles. The van der Waals surface area contributed by atoms with Crippen LogP contribution in [0.3, 0.4) is 0 Å². The highest BCUT2D eigenvalue weighted by atomic mass is 35.5. The van der Waals surface area contributed by atoms with E-state index >= 15 is 0 Å². The monoisotopic (exact) mass is 385 g/mol. The molecule has 3 aromatic rings. The Labute approximate surface area is 161 Å². The van der Waals surface area contributed by atoms with Gasteiger partial charge in [0.15, 0.2) is 0 Å². The summed E-state index contributed by atoms with van der Waals surface area (Å²) in [5, 5.41) is 13.2. The number of aromatic nitrogens is 2. The average molecular weight is 386 g/mol. The molecule has 2 heterocycles. The predicted molar refractivity (Wildman–Crippen MR) is 103 cm³/mol. The second-order valence-corrected chi connectivity index (χ2v) is 6.52. The molecule has 0 aliphatic rings. The summed E-state index contributed by atoms with van der Waals surface area (Å²) in [5.41, 5.74) is 1.47. The summed E-state index contributed by atoms with van der Waals surface area (Å²) in [7, 11) is 3.92. The van der Waals surface area contributed by atoms with Crippen molar-refractivity contribution in [1.29, 1.82) is 5.26 Å². The number of pyridine rings is 2. The van der Waals surface area contributed by atoms with Gasteiger partial charge in [-0.1, -0.05) is 11.6 Å². The molecule has 0 bridgehead atoms. The highest BCUT2D eigenvalue weighted by Gasteiger charge is 2.10. The van der Waals surface area contributed by atoms with Crippen LogP contribution in [0, 0.1) is 17.1 Å². The SMILES string of the molecule is CN(C)CCOc1cc2cc(C#N)c(Nc3ccc(F)c(Cl)c3)nc2cn1. The maximum atomic E-state index is 13.3. The van der Waals surface area contributed by atoms with Crippen molar-refractivity contribution in [3.8, 4) is 11.9 Å². The second kappa shape index (κ2) is 8.16. The summed E-state index contributed by atoms with van der Waals surface area (Å²) in [6.45, 7) is 1.28. The lowest BCUT2D eigenvalue weighted by Crippen LogP contribution is -2.19. The number of likely N-dealkylation sites (N-methyl/N-ethyl adjacent to an activating group) is 1. The van der Waals surface area contributed by atoms with Gasteiger partial charge in [-0.05, 0) is 38.4 Å². The Hall–Kier alpha value is -2.95. The van der Waals surface area contributed by atoms with Gasteiger partial charge >= 0.3 is 0 Å². The Kier molecular flexibility index (Phi) is 5.69. The number of fused-ring (bicyclic) bond motifs is 1.